The zero-order valence-electron chi connectivity index (χ0n) is 19.0. The van der Waals surface area contributed by atoms with Crippen molar-refractivity contribution in [3.63, 3.8) is 0 Å². The molecule has 1 aromatic heterocycles. The molecule has 1 aliphatic carbocycles. The molecule has 3 aromatic rings. The quantitative estimate of drug-likeness (QED) is 0.596. The van der Waals surface area contributed by atoms with Gasteiger partial charge < -0.3 is 5.11 Å². The summed E-state index contributed by atoms with van der Waals surface area (Å²) >= 11 is 6.34. The van der Waals surface area contributed by atoms with Crippen molar-refractivity contribution in [3.05, 3.63) is 74.9 Å². The van der Waals surface area contributed by atoms with Gasteiger partial charge in [0.15, 0.2) is 0 Å². The predicted molar refractivity (Wildman–Crippen MR) is 130 cm³/mol. The summed E-state index contributed by atoms with van der Waals surface area (Å²) in [5, 5.41) is 25.8. The van der Waals surface area contributed by atoms with Gasteiger partial charge in [-0.25, -0.2) is 8.42 Å². The van der Waals surface area contributed by atoms with Crippen LogP contribution in [0, 0.1) is 18.3 Å². The summed E-state index contributed by atoms with van der Waals surface area (Å²) in [4.78, 5) is 0. The molecule has 5 rings (SSSR count). The first-order valence-corrected chi connectivity index (χ1v) is 13.4. The van der Waals surface area contributed by atoms with E-state index in [1.54, 1.807) is 18.2 Å². The smallest absolute Gasteiger partial charge is 0.211 e. The van der Waals surface area contributed by atoms with E-state index < -0.39 is 16.1 Å². The van der Waals surface area contributed by atoms with Crippen LogP contribution in [0.3, 0.4) is 0 Å². The van der Waals surface area contributed by atoms with Gasteiger partial charge in [-0.3, -0.25) is 4.68 Å². The summed E-state index contributed by atoms with van der Waals surface area (Å²) in [6.07, 6.45) is 1.77. The van der Waals surface area contributed by atoms with Crippen molar-refractivity contribution in [2.24, 2.45) is 0 Å². The molecule has 176 valence electrons. The molecule has 0 amide bonds. The fourth-order valence-corrected chi connectivity index (χ4v) is 6.31. The van der Waals surface area contributed by atoms with Crippen molar-refractivity contribution in [3.8, 4) is 17.3 Å². The van der Waals surface area contributed by atoms with E-state index in [2.05, 4.69) is 6.07 Å². The normalized spacial score (nSPS) is 20.1. The number of aliphatic hydroxyl groups excluding tert-OH is 1. The first-order chi connectivity index (χ1) is 16.2. The maximum atomic E-state index is 12.3. The number of hydrogen-bond donors (Lipinski definition) is 1. The summed E-state index contributed by atoms with van der Waals surface area (Å²) in [5.74, 6) is -0.164. The summed E-state index contributed by atoms with van der Waals surface area (Å²) in [6, 6.07) is 13.2. The first kappa shape index (κ1) is 23.1. The van der Waals surface area contributed by atoms with Crippen LogP contribution in [0.1, 0.15) is 39.4 Å². The molecule has 0 bridgehead atoms. The minimum absolute atomic E-state index is 0.164. The van der Waals surface area contributed by atoms with Gasteiger partial charge in [0, 0.05) is 47.3 Å². The highest BCUT2D eigenvalue weighted by Crippen LogP contribution is 2.40. The van der Waals surface area contributed by atoms with Crippen molar-refractivity contribution in [1.82, 2.24) is 14.1 Å². The number of nitrogens with zero attached hydrogens (tertiary/aromatic N) is 4. The van der Waals surface area contributed by atoms with E-state index in [0.717, 1.165) is 33.5 Å². The highest BCUT2D eigenvalue weighted by molar-refractivity contribution is 7.88. The third-order valence-corrected chi connectivity index (χ3v) is 8.42. The number of hydrogen-bond acceptors (Lipinski definition) is 5. The van der Waals surface area contributed by atoms with E-state index in [4.69, 9.17) is 16.7 Å². The molecule has 1 unspecified atom stereocenters. The molecule has 2 heterocycles. The van der Waals surface area contributed by atoms with Crippen LogP contribution in [0.2, 0.25) is 5.02 Å². The van der Waals surface area contributed by atoms with Crippen LogP contribution >= 0.6 is 11.6 Å². The molecular weight excluding hydrogens is 472 g/mol. The van der Waals surface area contributed by atoms with Crippen molar-refractivity contribution in [2.45, 2.75) is 44.9 Å². The lowest BCUT2D eigenvalue weighted by Gasteiger charge is -2.26. The third kappa shape index (κ3) is 4.03. The van der Waals surface area contributed by atoms with Crippen molar-refractivity contribution < 1.29 is 13.5 Å². The Hall–Kier alpha value is -2.70. The molecule has 0 fully saturated rings. The van der Waals surface area contributed by atoms with E-state index in [1.165, 1.54) is 10.6 Å². The number of aliphatic hydroxyl groups is 1. The van der Waals surface area contributed by atoms with Gasteiger partial charge in [0.1, 0.15) is 0 Å². The summed E-state index contributed by atoms with van der Waals surface area (Å²) in [6.45, 7) is 3.09. The van der Waals surface area contributed by atoms with Gasteiger partial charge >= 0.3 is 0 Å². The van der Waals surface area contributed by atoms with Crippen LogP contribution < -0.4 is 0 Å². The van der Waals surface area contributed by atoms with Crippen LogP contribution in [-0.2, 0) is 36.0 Å². The Morgan fingerprint density at radius 3 is 2.79 bits per heavy atom. The minimum atomic E-state index is -3.36. The highest BCUT2D eigenvalue weighted by Gasteiger charge is 2.35. The largest absolute Gasteiger partial charge is 0.392 e. The average molecular weight is 497 g/mol. The van der Waals surface area contributed by atoms with Gasteiger partial charge in [-0.15, -0.1) is 0 Å². The van der Waals surface area contributed by atoms with E-state index in [9.17, 15) is 18.8 Å². The lowest BCUT2D eigenvalue weighted by atomic mass is 9.97. The lowest BCUT2D eigenvalue weighted by Crippen LogP contribution is -2.36. The molecule has 2 atom stereocenters. The highest BCUT2D eigenvalue weighted by atomic mass is 35.5. The molecular formula is C25H25ClN4O3S. The Balaban J connectivity index is 1.60. The average Bonchev–Trinajstić information content (AvgIpc) is 3.31. The number of aryl methyl sites for hydroxylation is 1. The van der Waals surface area contributed by atoms with Gasteiger partial charge in [-0.2, -0.15) is 14.7 Å². The van der Waals surface area contributed by atoms with Crippen molar-refractivity contribution in [2.75, 3.05) is 12.8 Å². The number of fused-ring (bicyclic) bond motifs is 2. The Labute approximate surface area is 204 Å². The van der Waals surface area contributed by atoms with Crippen LogP contribution in [0.25, 0.3) is 11.3 Å². The molecule has 1 aliphatic heterocycles. The molecule has 0 radical (unpaired) electrons. The molecule has 7 nitrogen and oxygen atoms in total. The van der Waals surface area contributed by atoms with Crippen LogP contribution in [0.4, 0.5) is 0 Å². The number of rotatable bonds is 4. The monoisotopic (exact) mass is 496 g/mol. The van der Waals surface area contributed by atoms with Crippen molar-refractivity contribution >= 4 is 21.6 Å². The molecule has 0 saturated heterocycles. The Bertz CT molecular complexity index is 1440. The van der Waals surface area contributed by atoms with Gasteiger partial charge in [0.25, 0.3) is 0 Å². The van der Waals surface area contributed by atoms with Gasteiger partial charge in [-0.05, 0) is 54.3 Å². The van der Waals surface area contributed by atoms with Gasteiger partial charge in [-0.1, -0.05) is 23.7 Å². The lowest BCUT2D eigenvalue weighted by molar-refractivity contribution is 0.145. The van der Waals surface area contributed by atoms with Crippen LogP contribution in [-0.4, -0.2) is 46.5 Å². The standard InChI is InChI=1S/C25H25ClN4O3S/c1-15-8-18(26)10-20-19(15)11-24(31)21(20)14-30-23-6-7-29(34(2,32)33)13-22(23)25(28-30)17-5-3-4-16(9-17)12-27/h3-5,8-10,21,24,31H,6-7,11,13-14H2,1-2H3/t21?,24-/m1/s1. The zero-order chi connectivity index (χ0) is 24.2. The fraction of sp³-hybridized carbons (Fsp3) is 0.360. The molecule has 2 aliphatic rings. The number of nitriles is 1. The van der Waals surface area contributed by atoms with E-state index in [0.29, 0.717) is 42.2 Å². The summed E-state index contributed by atoms with van der Waals surface area (Å²) < 4.78 is 27.9. The van der Waals surface area contributed by atoms with Gasteiger partial charge in [0.05, 0.1) is 36.2 Å². The number of aromatic nitrogens is 2. The molecule has 34 heavy (non-hydrogen) atoms. The third-order valence-electron chi connectivity index (χ3n) is 6.95. The SMILES string of the molecule is Cc1cc(Cl)cc2c1C[C@@H](O)C2Cn1nc(-c2cccc(C#N)c2)c2c1CCN(S(C)(=O)=O)C2. The zero-order valence-corrected chi connectivity index (χ0v) is 20.6. The Kier molecular flexibility index (Phi) is 5.77. The predicted octanol–water partition coefficient (Wildman–Crippen LogP) is 3.40. The topological polar surface area (TPSA) is 99.2 Å². The van der Waals surface area contributed by atoms with Crippen LogP contribution in [0.5, 0.6) is 0 Å². The number of benzene rings is 2. The number of sulfonamides is 1. The van der Waals surface area contributed by atoms with E-state index >= 15 is 0 Å². The number of halogens is 1. The second-order valence-electron chi connectivity index (χ2n) is 9.16. The Morgan fingerprint density at radius 2 is 2.06 bits per heavy atom. The molecule has 2 aromatic carbocycles. The summed E-state index contributed by atoms with van der Waals surface area (Å²) in [5.41, 5.74) is 7.03. The maximum Gasteiger partial charge on any atom is 0.211 e. The fourth-order valence-electron chi connectivity index (χ4n) is 5.24. The molecule has 9 heteroatoms. The van der Waals surface area contributed by atoms with E-state index in [-0.39, 0.29) is 12.5 Å². The van der Waals surface area contributed by atoms with Gasteiger partial charge in [0.2, 0.25) is 10.0 Å². The second kappa shape index (κ2) is 8.51. The maximum absolute atomic E-state index is 12.3. The first-order valence-electron chi connectivity index (χ1n) is 11.2. The van der Waals surface area contributed by atoms with E-state index in [1.807, 2.05) is 29.8 Å². The minimum Gasteiger partial charge on any atom is -0.392 e. The second-order valence-corrected chi connectivity index (χ2v) is 11.6. The van der Waals surface area contributed by atoms with Crippen molar-refractivity contribution in [1.29, 1.82) is 5.26 Å². The Morgan fingerprint density at radius 1 is 1.26 bits per heavy atom. The summed E-state index contributed by atoms with van der Waals surface area (Å²) in [7, 11) is -3.36. The molecule has 0 spiro atoms. The molecule has 0 saturated carbocycles. The van der Waals surface area contributed by atoms with Crippen LogP contribution in [0.15, 0.2) is 36.4 Å². The molecule has 1 N–H and O–H groups in total.